The van der Waals surface area contributed by atoms with Gasteiger partial charge < -0.3 is 10.0 Å². The molecule has 7 heteroatoms. The van der Waals surface area contributed by atoms with Crippen molar-refractivity contribution in [2.24, 2.45) is 5.41 Å². The van der Waals surface area contributed by atoms with E-state index in [2.05, 4.69) is 36.0 Å². The van der Waals surface area contributed by atoms with Crippen LogP contribution in [0.2, 0.25) is 0 Å². The number of carboxylic acid groups (broad SMARTS) is 1. The zero-order valence-electron chi connectivity index (χ0n) is 12.1. The van der Waals surface area contributed by atoms with E-state index in [0.717, 1.165) is 9.47 Å². The van der Waals surface area contributed by atoms with Crippen LogP contribution in [0.15, 0.2) is 4.34 Å². The van der Waals surface area contributed by atoms with Crippen molar-refractivity contribution in [3.63, 3.8) is 0 Å². The number of hydrogen-bond donors (Lipinski definition) is 1. The molecule has 1 N–H and O–H groups in total. The number of thioether (sulfide) groups is 1. The fourth-order valence-electron chi connectivity index (χ4n) is 2.45. The molecule has 0 aliphatic heterocycles. The number of carbonyl (C=O) groups is 1. The smallest absolute Gasteiger partial charge is 0.313 e. The number of aromatic nitrogens is 2. The van der Waals surface area contributed by atoms with Crippen LogP contribution < -0.4 is 4.90 Å². The van der Waals surface area contributed by atoms with Gasteiger partial charge in [-0.2, -0.15) is 0 Å². The molecule has 0 spiro atoms. The lowest BCUT2D eigenvalue weighted by molar-refractivity contribution is -0.133. The van der Waals surface area contributed by atoms with Crippen molar-refractivity contribution in [1.29, 1.82) is 0 Å². The minimum absolute atomic E-state index is 0.0377. The van der Waals surface area contributed by atoms with Crippen LogP contribution in [-0.4, -0.2) is 40.1 Å². The molecule has 1 fully saturated rings. The van der Waals surface area contributed by atoms with Gasteiger partial charge in [-0.05, 0) is 31.1 Å². The van der Waals surface area contributed by atoms with Crippen molar-refractivity contribution < 1.29 is 9.90 Å². The van der Waals surface area contributed by atoms with E-state index >= 15 is 0 Å². The molecule has 1 saturated carbocycles. The Hall–Kier alpha value is -0.820. The lowest BCUT2D eigenvalue weighted by atomic mass is 9.75. The average molecular weight is 315 g/mol. The summed E-state index contributed by atoms with van der Waals surface area (Å²) in [5, 5.41) is 17.8. The van der Waals surface area contributed by atoms with Gasteiger partial charge in [0.15, 0.2) is 4.34 Å². The van der Waals surface area contributed by atoms with E-state index in [1.807, 2.05) is 0 Å². The van der Waals surface area contributed by atoms with E-state index in [1.165, 1.54) is 48.8 Å². The van der Waals surface area contributed by atoms with Gasteiger partial charge in [0, 0.05) is 13.1 Å². The molecule has 1 aliphatic rings. The van der Waals surface area contributed by atoms with Crippen LogP contribution >= 0.6 is 23.1 Å². The highest BCUT2D eigenvalue weighted by Gasteiger charge is 2.29. The Morgan fingerprint density at radius 2 is 2.10 bits per heavy atom. The summed E-state index contributed by atoms with van der Waals surface area (Å²) in [4.78, 5) is 12.8. The molecule has 0 aromatic carbocycles. The highest BCUT2D eigenvalue weighted by Crippen LogP contribution is 2.38. The molecule has 0 radical (unpaired) electrons. The largest absolute Gasteiger partial charge is 0.481 e. The minimum atomic E-state index is -0.824. The number of nitrogens with zero attached hydrogens (tertiary/aromatic N) is 3. The van der Waals surface area contributed by atoms with Crippen molar-refractivity contribution in [2.75, 3.05) is 17.7 Å². The summed E-state index contributed by atoms with van der Waals surface area (Å²) < 4.78 is 0.727. The quantitative estimate of drug-likeness (QED) is 0.842. The van der Waals surface area contributed by atoms with Gasteiger partial charge in [0.05, 0.1) is 5.75 Å². The van der Waals surface area contributed by atoms with E-state index in [-0.39, 0.29) is 5.75 Å². The van der Waals surface area contributed by atoms with Crippen LogP contribution in [0.3, 0.4) is 0 Å². The maximum atomic E-state index is 10.5. The summed E-state index contributed by atoms with van der Waals surface area (Å²) in [6.45, 7) is 4.66. The second-order valence-electron chi connectivity index (χ2n) is 6.04. The first-order valence-corrected chi connectivity index (χ1v) is 8.58. The van der Waals surface area contributed by atoms with E-state index in [0.29, 0.717) is 11.5 Å². The molecule has 0 unspecified atom stereocenters. The van der Waals surface area contributed by atoms with Gasteiger partial charge in [0.2, 0.25) is 5.13 Å². The monoisotopic (exact) mass is 315 g/mol. The third-order valence-electron chi connectivity index (χ3n) is 3.87. The lowest BCUT2D eigenvalue weighted by Crippen LogP contribution is -2.37. The van der Waals surface area contributed by atoms with E-state index < -0.39 is 5.97 Å². The molecule has 20 heavy (non-hydrogen) atoms. The third-order valence-corrected chi connectivity index (χ3v) is 6.00. The number of rotatable bonds is 5. The summed E-state index contributed by atoms with van der Waals surface area (Å²) in [6.07, 6.45) is 4.84. The molecule has 1 aromatic rings. The predicted octanol–water partition coefficient (Wildman–Crippen LogP) is 3.12. The number of hydrogen-bond acceptors (Lipinski definition) is 6. The van der Waals surface area contributed by atoms with Crippen LogP contribution in [-0.2, 0) is 4.79 Å². The molecule has 1 heterocycles. The van der Waals surface area contributed by atoms with E-state index in [1.54, 1.807) is 0 Å². The van der Waals surface area contributed by atoms with Gasteiger partial charge in [-0.15, -0.1) is 10.2 Å². The van der Waals surface area contributed by atoms with Gasteiger partial charge in [-0.3, -0.25) is 4.79 Å². The Bertz CT molecular complexity index is 466. The lowest BCUT2D eigenvalue weighted by Gasteiger charge is -2.38. The summed E-state index contributed by atoms with van der Waals surface area (Å²) in [5.74, 6) is -0.787. The molecule has 0 atom stereocenters. The van der Waals surface area contributed by atoms with Crippen LogP contribution in [0, 0.1) is 5.41 Å². The summed E-state index contributed by atoms with van der Waals surface area (Å²) >= 11 is 2.71. The molecule has 0 saturated heterocycles. The molecule has 0 bridgehead atoms. The SMILES string of the molecule is CN(c1nnc(SCC(=O)O)s1)C1CCC(C)(C)CC1. The highest BCUT2D eigenvalue weighted by atomic mass is 32.2. The first-order valence-electron chi connectivity index (χ1n) is 6.78. The molecule has 2 rings (SSSR count). The Balaban J connectivity index is 1.92. The normalized spacial score (nSPS) is 18.9. The second-order valence-corrected chi connectivity index (χ2v) is 8.22. The molecular weight excluding hydrogens is 294 g/mol. The zero-order valence-corrected chi connectivity index (χ0v) is 13.8. The van der Waals surface area contributed by atoms with Gasteiger partial charge in [0.1, 0.15) is 0 Å². The average Bonchev–Trinajstić information content (AvgIpc) is 2.84. The van der Waals surface area contributed by atoms with Gasteiger partial charge >= 0.3 is 5.97 Å². The predicted molar refractivity (Wildman–Crippen MR) is 82.7 cm³/mol. The first kappa shape index (κ1) is 15.6. The molecular formula is C13H21N3O2S2. The Kier molecular flexibility index (Phi) is 4.90. The third kappa shape index (κ3) is 4.09. The van der Waals surface area contributed by atoms with Gasteiger partial charge in [0.25, 0.3) is 0 Å². The summed E-state index contributed by atoms with van der Waals surface area (Å²) in [7, 11) is 2.06. The Morgan fingerprint density at radius 1 is 1.45 bits per heavy atom. The van der Waals surface area contributed by atoms with Crippen LogP contribution in [0.4, 0.5) is 5.13 Å². The number of carboxylic acids is 1. The van der Waals surface area contributed by atoms with Gasteiger partial charge in [-0.25, -0.2) is 0 Å². The highest BCUT2D eigenvalue weighted by molar-refractivity contribution is 8.01. The molecule has 5 nitrogen and oxygen atoms in total. The molecule has 0 amide bonds. The number of aliphatic carboxylic acids is 1. The number of anilines is 1. The summed E-state index contributed by atoms with van der Waals surface area (Å²) in [6, 6.07) is 0.522. The minimum Gasteiger partial charge on any atom is -0.481 e. The van der Waals surface area contributed by atoms with E-state index in [4.69, 9.17) is 5.11 Å². The topological polar surface area (TPSA) is 66.3 Å². The fraction of sp³-hybridized carbons (Fsp3) is 0.769. The van der Waals surface area contributed by atoms with Crippen molar-refractivity contribution in [2.45, 2.75) is 49.9 Å². The Morgan fingerprint density at radius 3 is 2.70 bits per heavy atom. The molecule has 1 aromatic heterocycles. The molecule has 112 valence electrons. The second kappa shape index (κ2) is 6.30. The maximum Gasteiger partial charge on any atom is 0.313 e. The Labute approximate surface area is 127 Å². The zero-order chi connectivity index (χ0) is 14.8. The van der Waals surface area contributed by atoms with Crippen LogP contribution in [0.5, 0.6) is 0 Å². The first-order chi connectivity index (χ1) is 9.37. The molecule has 1 aliphatic carbocycles. The van der Waals surface area contributed by atoms with Crippen molar-refractivity contribution in [3.05, 3.63) is 0 Å². The van der Waals surface area contributed by atoms with Crippen LogP contribution in [0.25, 0.3) is 0 Å². The van der Waals surface area contributed by atoms with Crippen LogP contribution in [0.1, 0.15) is 39.5 Å². The van der Waals surface area contributed by atoms with Crippen molar-refractivity contribution >= 4 is 34.2 Å². The summed E-state index contributed by atoms with van der Waals surface area (Å²) in [5.41, 5.74) is 0.459. The van der Waals surface area contributed by atoms with Crippen molar-refractivity contribution in [1.82, 2.24) is 10.2 Å². The fourth-order valence-corrected chi connectivity index (χ4v) is 4.05. The standard InChI is InChI=1S/C13H21N3O2S2/c1-13(2)6-4-9(5-7-13)16(3)11-14-15-12(20-11)19-8-10(17)18/h9H,4-8H2,1-3H3,(H,17,18). The van der Waals surface area contributed by atoms with E-state index in [9.17, 15) is 4.79 Å². The van der Waals surface area contributed by atoms with Gasteiger partial charge in [-0.1, -0.05) is 36.9 Å². The maximum absolute atomic E-state index is 10.5. The van der Waals surface area contributed by atoms with Crippen molar-refractivity contribution in [3.8, 4) is 0 Å².